The minimum atomic E-state index is -0.381. The molecule has 60 valence electrons. The smallest absolute Gasteiger partial charge is 0.337 e. The van der Waals surface area contributed by atoms with Crippen LogP contribution in [0.1, 0.15) is 4.88 Å². The van der Waals surface area contributed by atoms with Gasteiger partial charge in [0.2, 0.25) is 0 Å². The van der Waals surface area contributed by atoms with Crippen LogP contribution >= 0.6 is 11.5 Å². The van der Waals surface area contributed by atoms with Gasteiger partial charge < -0.3 is 5.32 Å². The fraction of sp³-hybridized carbons (Fsp3) is 0.333. The highest BCUT2D eigenvalue weighted by atomic mass is 32.1. The average molecular weight is 172 g/mol. The van der Waals surface area contributed by atoms with Crippen LogP contribution in [0.3, 0.4) is 0 Å². The zero-order valence-corrected chi connectivity index (χ0v) is 7.07. The number of rotatable bonds is 0. The second-order valence-electron chi connectivity index (χ2n) is 2.03. The Morgan fingerprint density at radius 2 is 2.36 bits per heavy atom. The highest BCUT2D eigenvalue weighted by Crippen LogP contribution is 2.01. The van der Waals surface area contributed by atoms with Crippen molar-refractivity contribution in [3.63, 3.8) is 0 Å². The quantitative estimate of drug-likeness (QED) is 0.616. The molecule has 1 amide bonds. The van der Waals surface area contributed by atoms with Crippen LogP contribution in [0, 0.1) is 6.92 Å². The van der Waals surface area contributed by atoms with Crippen LogP contribution in [0.4, 0.5) is 4.79 Å². The van der Waals surface area contributed by atoms with Gasteiger partial charge in [-0.25, -0.2) is 4.79 Å². The summed E-state index contributed by atoms with van der Waals surface area (Å²) < 4.78 is 1.08. The maximum Gasteiger partial charge on any atom is 0.337 e. The van der Waals surface area contributed by atoms with Crippen LogP contribution < -0.4 is 10.9 Å². The van der Waals surface area contributed by atoms with E-state index in [1.54, 1.807) is 6.92 Å². The van der Waals surface area contributed by atoms with Crippen molar-refractivity contribution in [1.82, 2.24) is 9.27 Å². The van der Waals surface area contributed by atoms with Gasteiger partial charge in [-0.15, -0.1) is 0 Å². The van der Waals surface area contributed by atoms with Crippen LogP contribution in [0.5, 0.6) is 0 Å². The zero-order valence-electron chi connectivity index (χ0n) is 6.25. The first-order valence-corrected chi connectivity index (χ1v) is 3.84. The number of nitrogens with zero attached hydrogens (tertiary/aromatic N) is 1. The Morgan fingerprint density at radius 3 is 2.73 bits per heavy atom. The highest BCUT2D eigenvalue weighted by molar-refractivity contribution is 7.07. The van der Waals surface area contributed by atoms with Crippen LogP contribution in [-0.2, 0) is 0 Å². The minimum absolute atomic E-state index is 0.271. The summed E-state index contributed by atoms with van der Waals surface area (Å²) in [7, 11) is 1.49. The molecule has 0 aliphatic carbocycles. The summed E-state index contributed by atoms with van der Waals surface area (Å²) in [6, 6.07) is 1.05. The third-order valence-electron chi connectivity index (χ3n) is 1.16. The number of hydrogen-bond acceptors (Lipinski definition) is 3. The molecule has 1 aromatic heterocycles. The van der Waals surface area contributed by atoms with Gasteiger partial charge in [-0.05, 0) is 6.92 Å². The second kappa shape index (κ2) is 2.87. The lowest BCUT2D eigenvalue weighted by Gasteiger charge is -1.94. The molecule has 0 aromatic carbocycles. The Hall–Kier alpha value is -1.10. The van der Waals surface area contributed by atoms with Gasteiger partial charge in [0.25, 0.3) is 5.56 Å². The van der Waals surface area contributed by atoms with E-state index in [0.29, 0.717) is 0 Å². The maximum atomic E-state index is 11.0. The van der Waals surface area contributed by atoms with E-state index in [1.165, 1.54) is 13.1 Å². The van der Waals surface area contributed by atoms with Crippen LogP contribution in [0.2, 0.25) is 0 Å². The van der Waals surface area contributed by atoms with Gasteiger partial charge in [-0.1, -0.05) is 11.5 Å². The Bertz CT molecular complexity index is 326. The van der Waals surface area contributed by atoms with Crippen molar-refractivity contribution >= 4 is 17.6 Å². The van der Waals surface area contributed by atoms with E-state index in [0.717, 1.165) is 20.4 Å². The molecular formula is C6H8N2O2S. The van der Waals surface area contributed by atoms with Gasteiger partial charge in [-0.2, -0.15) is 3.96 Å². The Kier molecular flexibility index (Phi) is 2.09. The molecule has 1 N–H and O–H groups in total. The lowest BCUT2D eigenvalue weighted by atomic mass is 10.5. The van der Waals surface area contributed by atoms with E-state index in [2.05, 4.69) is 5.32 Å². The van der Waals surface area contributed by atoms with Gasteiger partial charge in [0.15, 0.2) is 0 Å². The number of amides is 1. The molecule has 4 nitrogen and oxygen atoms in total. The molecule has 1 heterocycles. The third kappa shape index (κ3) is 1.48. The monoisotopic (exact) mass is 172 g/mol. The average Bonchev–Trinajstić information content (AvgIpc) is 2.28. The number of aromatic nitrogens is 1. The van der Waals surface area contributed by atoms with Gasteiger partial charge in [0, 0.05) is 18.0 Å². The number of carbonyl (C=O) groups is 1. The molecule has 0 aliphatic rings. The number of carbonyl (C=O) groups excluding carboxylic acids is 1. The SMILES string of the molecule is CNC(=O)n1sc(C)cc1=O. The van der Waals surface area contributed by atoms with Crippen LogP contribution in [-0.4, -0.2) is 17.0 Å². The molecule has 0 fully saturated rings. The molecule has 11 heavy (non-hydrogen) atoms. The predicted molar refractivity (Wildman–Crippen MR) is 43.2 cm³/mol. The second-order valence-corrected chi connectivity index (χ2v) is 3.23. The van der Waals surface area contributed by atoms with E-state index < -0.39 is 0 Å². The van der Waals surface area contributed by atoms with E-state index in [9.17, 15) is 9.59 Å². The molecule has 0 spiro atoms. The molecular weight excluding hydrogens is 164 g/mol. The van der Waals surface area contributed by atoms with Crippen molar-refractivity contribution in [3.05, 3.63) is 21.3 Å². The molecule has 1 rings (SSSR count). The predicted octanol–water partition coefficient (Wildman–Crippen LogP) is 0.406. The van der Waals surface area contributed by atoms with Crippen molar-refractivity contribution in [2.24, 2.45) is 0 Å². The summed E-state index contributed by atoms with van der Waals surface area (Å²) in [5, 5.41) is 2.37. The fourth-order valence-electron chi connectivity index (χ4n) is 0.691. The summed E-state index contributed by atoms with van der Waals surface area (Å²) in [5.74, 6) is 0. The summed E-state index contributed by atoms with van der Waals surface area (Å²) in [6.07, 6.45) is 0. The molecule has 0 bridgehead atoms. The number of aryl methyl sites for hydroxylation is 1. The van der Waals surface area contributed by atoms with Gasteiger partial charge in [0.1, 0.15) is 0 Å². The zero-order chi connectivity index (χ0) is 8.43. The van der Waals surface area contributed by atoms with E-state index >= 15 is 0 Å². The van der Waals surface area contributed by atoms with Gasteiger partial charge in [0.05, 0.1) is 0 Å². The maximum absolute atomic E-state index is 11.0. The summed E-state index contributed by atoms with van der Waals surface area (Å²) in [6.45, 7) is 1.78. The highest BCUT2D eigenvalue weighted by Gasteiger charge is 2.06. The molecule has 0 aliphatic heterocycles. The third-order valence-corrected chi connectivity index (χ3v) is 2.09. The van der Waals surface area contributed by atoms with Gasteiger partial charge in [-0.3, -0.25) is 4.79 Å². The van der Waals surface area contributed by atoms with Crippen molar-refractivity contribution in [3.8, 4) is 0 Å². The molecule has 0 saturated carbocycles. The number of hydrogen-bond donors (Lipinski definition) is 1. The van der Waals surface area contributed by atoms with Crippen molar-refractivity contribution in [1.29, 1.82) is 0 Å². The molecule has 0 atom stereocenters. The summed E-state index contributed by atoms with van der Waals surface area (Å²) >= 11 is 1.14. The topological polar surface area (TPSA) is 51.1 Å². The standard InChI is InChI=1S/C6H8N2O2S/c1-4-3-5(9)8(11-4)6(10)7-2/h3H,1-2H3,(H,7,10). The van der Waals surface area contributed by atoms with E-state index in [1.807, 2.05) is 0 Å². The van der Waals surface area contributed by atoms with Crippen LogP contribution in [0.25, 0.3) is 0 Å². The van der Waals surface area contributed by atoms with Crippen molar-refractivity contribution in [2.75, 3.05) is 7.05 Å². The first-order valence-electron chi connectivity index (χ1n) is 3.07. The molecule has 0 radical (unpaired) electrons. The Morgan fingerprint density at radius 1 is 1.73 bits per heavy atom. The first kappa shape index (κ1) is 8.00. The lowest BCUT2D eigenvalue weighted by Crippen LogP contribution is -2.29. The van der Waals surface area contributed by atoms with E-state index in [-0.39, 0.29) is 11.6 Å². The van der Waals surface area contributed by atoms with E-state index in [4.69, 9.17) is 0 Å². The van der Waals surface area contributed by atoms with Crippen molar-refractivity contribution in [2.45, 2.75) is 6.92 Å². The summed E-state index contributed by atoms with van der Waals surface area (Å²) in [5.41, 5.74) is -0.271. The fourth-order valence-corrected chi connectivity index (χ4v) is 1.45. The largest absolute Gasteiger partial charge is 0.340 e. The normalized spacial score (nSPS) is 9.64. The lowest BCUT2D eigenvalue weighted by molar-refractivity contribution is 0.246. The Balaban J connectivity index is 3.13. The summed E-state index contributed by atoms with van der Waals surface area (Å²) in [4.78, 5) is 22.7. The van der Waals surface area contributed by atoms with Crippen molar-refractivity contribution < 1.29 is 4.79 Å². The molecule has 0 saturated heterocycles. The minimum Gasteiger partial charge on any atom is -0.340 e. The molecule has 5 heteroatoms. The first-order chi connectivity index (χ1) is 5.15. The van der Waals surface area contributed by atoms with Crippen LogP contribution in [0.15, 0.2) is 10.9 Å². The van der Waals surface area contributed by atoms with Gasteiger partial charge >= 0.3 is 6.03 Å². The molecule has 0 unspecified atom stereocenters. The molecule has 1 aromatic rings. The number of nitrogens with one attached hydrogen (secondary N) is 1. The Labute approximate surface area is 67.6 Å².